The fraction of sp³-hybridized carbons (Fsp3) is 0.737. The number of nitrogens with zero attached hydrogens (tertiary/aromatic N) is 2. The van der Waals surface area contributed by atoms with E-state index in [0.717, 1.165) is 6.54 Å². The summed E-state index contributed by atoms with van der Waals surface area (Å²) in [5, 5.41) is 4.50. The van der Waals surface area contributed by atoms with Crippen molar-refractivity contribution in [2.45, 2.75) is 65.3 Å². The predicted molar refractivity (Wildman–Crippen MR) is 85.8 cm³/mol. The molecule has 1 aromatic rings. The summed E-state index contributed by atoms with van der Waals surface area (Å²) in [5.41, 5.74) is 2.07. The van der Waals surface area contributed by atoms with Gasteiger partial charge in [0.1, 0.15) is 0 Å². The van der Waals surface area contributed by atoms with Crippen LogP contribution in [0.2, 0.25) is 0 Å². The molecule has 1 aromatic heterocycles. The monoisotopic (exact) mass is 284 g/mol. The van der Waals surface area contributed by atoms with Crippen molar-refractivity contribution in [3.8, 4) is 0 Å². The maximum atomic E-state index is 4.50. The van der Waals surface area contributed by atoms with Crippen LogP contribution in [0.5, 0.6) is 0 Å². The van der Waals surface area contributed by atoms with Crippen LogP contribution in [0, 0.1) is 21.7 Å². The third kappa shape index (κ3) is 2.10. The molecule has 4 bridgehead atoms. The normalized spacial score (nSPS) is 47.7. The van der Waals surface area contributed by atoms with E-state index in [1.54, 1.807) is 0 Å². The van der Waals surface area contributed by atoms with Gasteiger partial charge in [0.2, 0.25) is 0 Å². The van der Waals surface area contributed by atoms with Crippen molar-refractivity contribution in [2.75, 3.05) is 0 Å². The highest BCUT2D eigenvalue weighted by atomic mass is 15.3. The first-order valence-electron chi connectivity index (χ1n) is 8.47. The van der Waals surface area contributed by atoms with Crippen LogP contribution in [-0.2, 0) is 6.54 Å². The Morgan fingerprint density at radius 3 is 2.29 bits per heavy atom. The molecule has 2 unspecified atom stereocenters. The fourth-order valence-corrected chi connectivity index (χ4v) is 7.63. The number of aromatic nitrogens is 2. The largest absolute Gasteiger partial charge is 0.272 e. The molecule has 2 nitrogen and oxygen atoms in total. The van der Waals surface area contributed by atoms with E-state index in [2.05, 4.69) is 48.5 Å². The summed E-state index contributed by atoms with van der Waals surface area (Å²) in [4.78, 5) is 0. The molecule has 21 heavy (non-hydrogen) atoms. The molecule has 4 fully saturated rings. The van der Waals surface area contributed by atoms with Crippen molar-refractivity contribution >= 4 is 0 Å². The highest BCUT2D eigenvalue weighted by Gasteiger charge is 2.64. The first-order valence-corrected chi connectivity index (χ1v) is 8.47. The Hall–Kier alpha value is -1.05. The lowest BCUT2D eigenvalue weighted by molar-refractivity contribution is -0.194. The van der Waals surface area contributed by atoms with Crippen LogP contribution in [0.4, 0.5) is 0 Å². The predicted octanol–water partition coefficient (Wildman–Crippen LogP) is 4.83. The van der Waals surface area contributed by atoms with Gasteiger partial charge in [0.15, 0.2) is 0 Å². The Labute approximate surface area is 128 Å². The first-order chi connectivity index (χ1) is 9.88. The van der Waals surface area contributed by atoms with E-state index < -0.39 is 0 Å². The molecule has 114 valence electrons. The Morgan fingerprint density at radius 2 is 1.71 bits per heavy atom. The lowest BCUT2D eigenvalue weighted by atomic mass is 9.35. The van der Waals surface area contributed by atoms with E-state index in [-0.39, 0.29) is 0 Å². The average molecular weight is 284 g/mol. The van der Waals surface area contributed by atoms with E-state index in [0.29, 0.717) is 21.7 Å². The molecule has 0 N–H and O–H groups in total. The summed E-state index contributed by atoms with van der Waals surface area (Å²) >= 11 is 0. The van der Waals surface area contributed by atoms with Gasteiger partial charge in [-0.05, 0) is 72.7 Å². The average Bonchev–Trinajstić information content (AvgIpc) is 2.75. The van der Waals surface area contributed by atoms with Crippen LogP contribution in [0.3, 0.4) is 0 Å². The number of rotatable bonds is 4. The van der Waals surface area contributed by atoms with Crippen molar-refractivity contribution in [3.63, 3.8) is 0 Å². The molecule has 4 aliphatic rings. The van der Waals surface area contributed by atoms with Crippen molar-refractivity contribution < 1.29 is 0 Å². The molecule has 0 aliphatic heterocycles. The second-order valence-corrected chi connectivity index (χ2v) is 9.38. The SMILES string of the molecule is C=CCC12CC3(C)CC(C)(C1)CC(Cn1cccn1)(C3)C2. The van der Waals surface area contributed by atoms with Gasteiger partial charge in [0.25, 0.3) is 0 Å². The molecule has 1 heterocycles. The smallest absolute Gasteiger partial charge is 0.0489 e. The van der Waals surface area contributed by atoms with Crippen LogP contribution < -0.4 is 0 Å². The van der Waals surface area contributed by atoms with E-state index in [4.69, 9.17) is 0 Å². The Balaban J connectivity index is 1.73. The molecule has 4 saturated carbocycles. The highest BCUT2D eigenvalue weighted by molar-refractivity contribution is 5.16. The van der Waals surface area contributed by atoms with E-state index in [1.807, 2.05) is 6.20 Å². The molecule has 0 saturated heterocycles. The van der Waals surface area contributed by atoms with E-state index in [1.165, 1.54) is 44.9 Å². The van der Waals surface area contributed by atoms with Gasteiger partial charge in [0.05, 0.1) is 0 Å². The van der Waals surface area contributed by atoms with Gasteiger partial charge in [-0.15, -0.1) is 6.58 Å². The van der Waals surface area contributed by atoms with Gasteiger partial charge in [-0.2, -0.15) is 5.10 Å². The van der Waals surface area contributed by atoms with Crippen molar-refractivity contribution in [2.24, 2.45) is 21.7 Å². The molecule has 2 atom stereocenters. The van der Waals surface area contributed by atoms with Crippen LogP contribution in [0.25, 0.3) is 0 Å². The zero-order valence-electron chi connectivity index (χ0n) is 13.6. The molecule has 2 heteroatoms. The summed E-state index contributed by atoms with van der Waals surface area (Å²) < 4.78 is 2.18. The lowest BCUT2D eigenvalue weighted by Gasteiger charge is -2.69. The van der Waals surface area contributed by atoms with E-state index in [9.17, 15) is 0 Å². The second-order valence-electron chi connectivity index (χ2n) is 9.38. The molecule has 0 amide bonds. The number of hydrogen-bond donors (Lipinski definition) is 0. The van der Waals surface area contributed by atoms with Gasteiger partial charge in [-0.3, -0.25) is 4.68 Å². The van der Waals surface area contributed by atoms with Crippen LogP contribution in [0.15, 0.2) is 31.1 Å². The van der Waals surface area contributed by atoms with Gasteiger partial charge in [0, 0.05) is 18.9 Å². The zero-order valence-corrected chi connectivity index (χ0v) is 13.6. The summed E-state index contributed by atoms with van der Waals surface area (Å²) in [6, 6.07) is 2.06. The Kier molecular flexibility index (Phi) is 2.61. The second kappa shape index (κ2) is 4.02. The molecular weight excluding hydrogens is 256 g/mol. The molecule has 0 aromatic carbocycles. The topological polar surface area (TPSA) is 17.8 Å². The Bertz CT molecular complexity index is 538. The minimum absolute atomic E-state index is 0.466. The lowest BCUT2D eigenvalue weighted by Crippen LogP contribution is -2.60. The van der Waals surface area contributed by atoms with Gasteiger partial charge < -0.3 is 0 Å². The van der Waals surface area contributed by atoms with Gasteiger partial charge >= 0.3 is 0 Å². The van der Waals surface area contributed by atoms with Crippen LogP contribution in [0.1, 0.15) is 58.8 Å². The van der Waals surface area contributed by atoms with Gasteiger partial charge in [-0.25, -0.2) is 0 Å². The first kappa shape index (κ1) is 13.6. The summed E-state index contributed by atoms with van der Waals surface area (Å²) in [6.45, 7) is 10.3. The zero-order chi connectivity index (χ0) is 14.8. The standard InChI is InChI=1S/C19H28N2/c1-4-6-18-10-16(2)9-17(3,11-18)13-19(12-16,14-18)15-21-8-5-7-20-21/h4-5,7-8H,1,6,9-15H2,2-3H3. The van der Waals surface area contributed by atoms with Gasteiger partial charge in [-0.1, -0.05) is 19.9 Å². The summed E-state index contributed by atoms with van der Waals surface area (Å²) in [6.07, 6.45) is 15.9. The molecule has 0 radical (unpaired) electrons. The van der Waals surface area contributed by atoms with Crippen molar-refractivity contribution in [1.82, 2.24) is 9.78 Å². The van der Waals surface area contributed by atoms with Crippen LogP contribution >= 0.6 is 0 Å². The van der Waals surface area contributed by atoms with Crippen molar-refractivity contribution in [1.29, 1.82) is 0 Å². The minimum Gasteiger partial charge on any atom is -0.272 e. The maximum absolute atomic E-state index is 4.50. The number of hydrogen-bond acceptors (Lipinski definition) is 1. The molecule has 5 rings (SSSR count). The summed E-state index contributed by atoms with van der Waals surface area (Å²) in [5.74, 6) is 0. The summed E-state index contributed by atoms with van der Waals surface area (Å²) in [7, 11) is 0. The quantitative estimate of drug-likeness (QED) is 0.724. The molecule has 4 aliphatic carbocycles. The molecular formula is C19H28N2. The third-order valence-corrected chi connectivity index (χ3v) is 6.44. The Morgan fingerprint density at radius 1 is 1.05 bits per heavy atom. The number of allylic oxidation sites excluding steroid dienone is 1. The van der Waals surface area contributed by atoms with Crippen LogP contribution in [-0.4, -0.2) is 9.78 Å². The maximum Gasteiger partial charge on any atom is 0.0489 e. The minimum atomic E-state index is 0.466. The fourth-order valence-electron chi connectivity index (χ4n) is 7.63. The van der Waals surface area contributed by atoms with Crippen molar-refractivity contribution in [3.05, 3.63) is 31.1 Å². The highest BCUT2D eigenvalue weighted by Crippen LogP contribution is 2.74. The van der Waals surface area contributed by atoms with E-state index >= 15 is 0 Å². The molecule has 0 spiro atoms. The third-order valence-electron chi connectivity index (χ3n) is 6.44.